The van der Waals surface area contributed by atoms with Crippen LogP contribution in [-0.4, -0.2) is 33.0 Å². The number of rotatable bonds is 6. The van der Waals surface area contributed by atoms with Crippen LogP contribution in [0.2, 0.25) is 18.1 Å². The van der Waals surface area contributed by atoms with Crippen LogP contribution in [0, 0.1) is 0 Å². The summed E-state index contributed by atoms with van der Waals surface area (Å²) < 4.78 is 12.4. The number of amides is 1. The van der Waals surface area contributed by atoms with Crippen molar-refractivity contribution < 1.29 is 14.0 Å². The van der Waals surface area contributed by atoms with E-state index < -0.39 is 8.32 Å². The maximum absolute atomic E-state index is 11.8. The van der Waals surface area contributed by atoms with Gasteiger partial charge in [-0.25, -0.2) is 0 Å². The average molecular weight is 350 g/mol. The molecule has 1 heterocycles. The third kappa shape index (κ3) is 5.16. The number of hydrogen-bond acceptors (Lipinski definition) is 3. The SMILES string of the molecule is CC(C)(C)[Si](C)(C)O[C@@H]1CCC(=O)N[C@H]1COCc1ccccc1. The minimum Gasteiger partial charge on any atom is -0.412 e. The second kappa shape index (κ2) is 7.81. The molecule has 0 unspecified atom stereocenters. The molecule has 5 heteroatoms. The lowest BCUT2D eigenvalue weighted by Gasteiger charge is -2.43. The molecule has 0 radical (unpaired) electrons. The summed E-state index contributed by atoms with van der Waals surface area (Å²) >= 11 is 0. The molecule has 1 saturated heterocycles. The number of piperidine rings is 1. The predicted molar refractivity (Wildman–Crippen MR) is 99.3 cm³/mol. The van der Waals surface area contributed by atoms with Crippen LogP contribution in [0.5, 0.6) is 0 Å². The van der Waals surface area contributed by atoms with Crippen LogP contribution in [0.3, 0.4) is 0 Å². The molecule has 1 amide bonds. The maximum atomic E-state index is 11.8. The van der Waals surface area contributed by atoms with Crippen LogP contribution >= 0.6 is 0 Å². The van der Waals surface area contributed by atoms with Gasteiger partial charge < -0.3 is 14.5 Å². The molecule has 1 aliphatic rings. The van der Waals surface area contributed by atoms with Gasteiger partial charge in [0.2, 0.25) is 5.91 Å². The van der Waals surface area contributed by atoms with Crippen molar-refractivity contribution >= 4 is 14.2 Å². The van der Waals surface area contributed by atoms with Crippen LogP contribution < -0.4 is 5.32 Å². The first kappa shape index (κ1) is 19.2. The summed E-state index contributed by atoms with van der Waals surface area (Å²) in [7, 11) is -1.87. The number of hydrogen-bond donors (Lipinski definition) is 1. The highest BCUT2D eigenvalue weighted by Crippen LogP contribution is 2.38. The topological polar surface area (TPSA) is 47.6 Å². The van der Waals surface area contributed by atoms with Gasteiger partial charge in [-0.15, -0.1) is 0 Å². The zero-order chi connectivity index (χ0) is 17.8. The molecule has 24 heavy (non-hydrogen) atoms. The van der Waals surface area contributed by atoms with Crippen LogP contribution in [-0.2, 0) is 20.6 Å². The van der Waals surface area contributed by atoms with Gasteiger partial charge in [0.25, 0.3) is 0 Å². The summed E-state index contributed by atoms with van der Waals surface area (Å²) in [6.45, 7) is 12.3. The Balaban J connectivity index is 1.94. The van der Waals surface area contributed by atoms with Crippen LogP contribution in [0.25, 0.3) is 0 Å². The van der Waals surface area contributed by atoms with Crippen molar-refractivity contribution in [2.45, 2.75) is 70.5 Å². The van der Waals surface area contributed by atoms with Gasteiger partial charge in [0.1, 0.15) is 0 Å². The first-order valence-corrected chi connectivity index (χ1v) is 11.7. The van der Waals surface area contributed by atoms with E-state index in [1.165, 1.54) is 0 Å². The van der Waals surface area contributed by atoms with Crippen LogP contribution in [0.4, 0.5) is 0 Å². The molecule has 1 N–H and O–H groups in total. The lowest BCUT2D eigenvalue weighted by molar-refractivity contribution is -0.126. The van der Waals surface area contributed by atoms with Crippen molar-refractivity contribution in [2.24, 2.45) is 0 Å². The van der Waals surface area contributed by atoms with Gasteiger partial charge in [0, 0.05) is 6.42 Å². The van der Waals surface area contributed by atoms with Gasteiger partial charge >= 0.3 is 0 Å². The highest BCUT2D eigenvalue weighted by atomic mass is 28.4. The normalized spacial score (nSPS) is 22.3. The van der Waals surface area contributed by atoms with Gasteiger partial charge in [-0.3, -0.25) is 4.79 Å². The molecular formula is C19H31NO3Si. The number of nitrogens with one attached hydrogen (secondary N) is 1. The molecule has 0 aromatic heterocycles. The van der Waals surface area contributed by atoms with E-state index in [1.54, 1.807) is 0 Å². The van der Waals surface area contributed by atoms with Gasteiger partial charge in [0.15, 0.2) is 8.32 Å². The molecule has 0 bridgehead atoms. The highest BCUT2D eigenvalue weighted by Gasteiger charge is 2.42. The van der Waals surface area contributed by atoms with Crippen molar-refractivity contribution in [1.29, 1.82) is 0 Å². The first-order chi connectivity index (χ1) is 11.2. The molecule has 1 fully saturated rings. The highest BCUT2D eigenvalue weighted by molar-refractivity contribution is 6.74. The summed E-state index contributed by atoms with van der Waals surface area (Å²) in [5.74, 6) is 0.0957. The molecule has 2 atom stereocenters. The van der Waals surface area contributed by atoms with E-state index in [9.17, 15) is 4.79 Å². The van der Waals surface area contributed by atoms with Crippen molar-refractivity contribution in [3.05, 3.63) is 35.9 Å². The minimum absolute atomic E-state index is 0.0411. The van der Waals surface area contributed by atoms with E-state index in [1.807, 2.05) is 30.3 Å². The molecule has 0 aliphatic carbocycles. The largest absolute Gasteiger partial charge is 0.412 e. The molecule has 1 aliphatic heterocycles. The van der Waals surface area contributed by atoms with E-state index in [4.69, 9.17) is 9.16 Å². The van der Waals surface area contributed by atoms with Crippen LogP contribution in [0.15, 0.2) is 30.3 Å². The fraction of sp³-hybridized carbons (Fsp3) is 0.632. The van der Waals surface area contributed by atoms with Crippen molar-refractivity contribution in [2.75, 3.05) is 6.61 Å². The molecule has 1 aromatic rings. The predicted octanol–water partition coefficient (Wildman–Crippen LogP) is 3.87. The van der Waals surface area contributed by atoms with Crippen molar-refractivity contribution in [3.63, 3.8) is 0 Å². The number of ether oxygens (including phenoxy) is 1. The molecule has 0 spiro atoms. The Kier molecular flexibility index (Phi) is 6.23. The zero-order valence-corrected chi connectivity index (χ0v) is 16.6. The Hall–Kier alpha value is -1.17. The summed E-state index contributed by atoms with van der Waals surface area (Å²) in [4.78, 5) is 11.8. The molecule has 1 aromatic carbocycles. The summed E-state index contributed by atoms with van der Waals surface area (Å²) in [6.07, 6.45) is 1.35. The second-order valence-corrected chi connectivity index (χ2v) is 12.9. The van der Waals surface area contributed by atoms with Crippen molar-refractivity contribution in [1.82, 2.24) is 5.32 Å². The Morgan fingerprint density at radius 1 is 1.21 bits per heavy atom. The molecule has 4 nitrogen and oxygen atoms in total. The van der Waals surface area contributed by atoms with Crippen LogP contribution in [0.1, 0.15) is 39.2 Å². The van der Waals surface area contributed by atoms with E-state index >= 15 is 0 Å². The van der Waals surface area contributed by atoms with Gasteiger partial charge in [-0.1, -0.05) is 51.1 Å². The Labute approximate surface area is 147 Å². The minimum atomic E-state index is -1.87. The van der Waals surface area contributed by atoms with E-state index in [2.05, 4.69) is 39.2 Å². The standard InChI is InChI=1S/C19H31NO3Si/c1-19(2,3)24(4,5)23-17-11-12-18(21)20-16(17)14-22-13-15-9-7-6-8-10-15/h6-10,16-17H,11-14H2,1-5H3,(H,20,21)/t16-,17+/m0/s1. The average Bonchev–Trinajstić information content (AvgIpc) is 2.50. The third-order valence-electron chi connectivity index (χ3n) is 5.11. The molecular weight excluding hydrogens is 318 g/mol. The zero-order valence-electron chi connectivity index (χ0n) is 15.6. The van der Waals surface area contributed by atoms with Gasteiger partial charge in [-0.2, -0.15) is 0 Å². The number of carbonyl (C=O) groups is 1. The molecule has 2 rings (SSSR count). The Morgan fingerprint density at radius 2 is 1.88 bits per heavy atom. The first-order valence-electron chi connectivity index (χ1n) is 8.78. The summed E-state index contributed by atoms with van der Waals surface area (Å²) in [6, 6.07) is 10.0. The molecule has 134 valence electrons. The van der Waals surface area contributed by atoms with Gasteiger partial charge in [0.05, 0.1) is 25.4 Å². The maximum Gasteiger partial charge on any atom is 0.220 e. The monoisotopic (exact) mass is 349 g/mol. The fourth-order valence-corrected chi connectivity index (χ4v) is 3.96. The van der Waals surface area contributed by atoms with E-state index in [0.29, 0.717) is 19.6 Å². The summed E-state index contributed by atoms with van der Waals surface area (Å²) in [5, 5.41) is 3.22. The lowest BCUT2D eigenvalue weighted by Crippen LogP contribution is -2.56. The smallest absolute Gasteiger partial charge is 0.220 e. The number of carbonyl (C=O) groups excluding carboxylic acids is 1. The Bertz CT molecular complexity index is 539. The fourth-order valence-electron chi connectivity index (χ4n) is 2.57. The Morgan fingerprint density at radius 3 is 2.50 bits per heavy atom. The van der Waals surface area contributed by atoms with Crippen molar-refractivity contribution in [3.8, 4) is 0 Å². The van der Waals surface area contributed by atoms with E-state index in [0.717, 1.165) is 12.0 Å². The second-order valence-electron chi connectivity index (χ2n) is 8.13. The quantitative estimate of drug-likeness (QED) is 0.793. The third-order valence-corrected chi connectivity index (χ3v) is 9.62. The lowest BCUT2D eigenvalue weighted by atomic mass is 10.0. The van der Waals surface area contributed by atoms with E-state index in [-0.39, 0.29) is 23.1 Å². The number of benzene rings is 1. The molecule has 0 saturated carbocycles. The summed E-state index contributed by atoms with van der Waals surface area (Å²) in [5.41, 5.74) is 1.14. The van der Waals surface area contributed by atoms with Gasteiger partial charge in [-0.05, 0) is 30.1 Å².